The third-order valence-electron chi connectivity index (χ3n) is 3.10. The van der Waals surface area contributed by atoms with Gasteiger partial charge in [0.05, 0.1) is 11.4 Å². The summed E-state index contributed by atoms with van der Waals surface area (Å²) in [6, 6.07) is 3.72. The lowest BCUT2D eigenvalue weighted by Crippen LogP contribution is -2.24. The molecule has 0 amide bonds. The lowest BCUT2D eigenvalue weighted by molar-refractivity contribution is 0.584. The molecule has 112 valence electrons. The van der Waals surface area contributed by atoms with Gasteiger partial charge in [0.15, 0.2) is 0 Å². The Bertz CT molecular complexity index is 749. The molecule has 0 saturated carbocycles. The summed E-state index contributed by atoms with van der Waals surface area (Å²) in [6.07, 6.45) is 6.96. The van der Waals surface area contributed by atoms with E-state index in [1.165, 1.54) is 0 Å². The SMILES string of the molecule is Cc1nn(C)c(C)c1S(=O)(=O)NCC=Cc1cccnc1. The summed E-state index contributed by atoms with van der Waals surface area (Å²) in [4.78, 5) is 4.23. The summed E-state index contributed by atoms with van der Waals surface area (Å²) in [5, 5.41) is 4.12. The first-order valence-corrected chi connectivity index (χ1v) is 7.96. The van der Waals surface area contributed by atoms with Crippen LogP contribution in [0.4, 0.5) is 0 Å². The standard InChI is InChI=1S/C14H18N4O2S/c1-11-14(12(2)18(3)17-11)21(19,20)16-9-5-7-13-6-4-8-15-10-13/h4-8,10,16H,9H2,1-3H3. The van der Waals surface area contributed by atoms with Gasteiger partial charge in [0.1, 0.15) is 4.90 Å². The third-order valence-corrected chi connectivity index (χ3v) is 4.77. The van der Waals surface area contributed by atoms with Crippen LogP contribution in [0.3, 0.4) is 0 Å². The van der Waals surface area contributed by atoms with Crippen molar-refractivity contribution in [3.8, 4) is 0 Å². The van der Waals surface area contributed by atoms with E-state index in [1.54, 1.807) is 44.0 Å². The van der Waals surface area contributed by atoms with Gasteiger partial charge in [-0.2, -0.15) is 5.10 Å². The van der Waals surface area contributed by atoms with E-state index in [1.807, 2.05) is 18.2 Å². The van der Waals surface area contributed by atoms with Crippen molar-refractivity contribution in [2.24, 2.45) is 7.05 Å². The van der Waals surface area contributed by atoms with Crippen molar-refractivity contribution >= 4 is 16.1 Å². The number of hydrogen-bond donors (Lipinski definition) is 1. The van der Waals surface area contributed by atoms with Crippen LogP contribution in [0.5, 0.6) is 0 Å². The summed E-state index contributed by atoms with van der Waals surface area (Å²) in [7, 11) is -1.83. The van der Waals surface area contributed by atoms with Gasteiger partial charge in [-0.1, -0.05) is 18.2 Å². The minimum atomic E-state index is -3.56. The molecule has 2 rings (SSSR count). The van der Waals surface area contributed by atoms with Crippen molar-refractivity contribution in [2.75, 3.05) is 6.54 Å². The third kappa shape index (κ3) is 3.56. The Morgan fingerprint density at radius 2 is 2.14 bits per heavy atom. The molecule has 2 heterocycles. The topological polar surface area (TPSA) is 76.9 Å². The highest BCUT2D eigenvalue weighted by atomic mass is 32.2. The monoisotopic (exact) mass is 306 g/mol. The van der Waals surface area contributed by atoms with Crippen LogP contribution < -0.4 is 4.72 Å². The zero-order chi connectivity index (χ0) is 15.5. The van der Waals surface area contributed by atoms with Crippen LogP contribution >= 0.6 is 0 Å². The first kappa shape index (κ1) is 15.4. The van der Waals surface area contributed by atoms with Crippen molar-refractivity contribution in [3.63, 3.8) is 0 Å². The van der Waals surface area contributed by atoms with Crippen LogP contribution in [0, 0.1) is 13.8 Å². The first-order valence-electron chi connectivity index (χ1n) is 6.48. The number of nitrogens with one attached hydrogen (secondary N) is 1. The van der Waals surface area contributed by atoms with Crippen LogP contribution in [0.1, 0.15) is 17.0 Å². The highest BCUT2D eigenvalue weighted by molar-refractivity contribution is 7.89. The van der Waals surface area contributed by atoms with Crippen LogP contribution in [-0.4, -0.2) is 29.7 Å². The molecule has 0 unspecified atom stereocenters. The molecule has 0 radical (unpaired) electrons. The van der Waals surface area contributed by atoms with E-state index in [4.69, 9.17) is 0 Å². The van der Waals surface area contributed by atoms with Gasteiger partial charge in [-0.15, -0.1) is 0 Å². The van der Waals surface area contributed by atoms with E-state index >= 15 is 0 Å². The molecule has 1 N–H and O–H groups in total. The Morgan fingerprint density at radius 3 is 2.71 bits per heavy atom. The highest BCUT2D eigenvalue weighted by Crippen LogP contribution is 2.17. The molecule has 0 bridgehead atoms. The molecule has 0 aliphatic rings. The molecule has 21 heavy (non-hydrogen) atoms. The fourth-order valence-corrected chi connectivity index (χ4v) is 3.45. The molecule has 0 aliphatic heterocycles. The fourth-order valence-electron chi connectivity index (χ4n) is 2.04. The number of aryl methyl sites for hydroxylation is 2. The lowest BCUT2D eigenvalue weighted by atomic mass is 10.3. The van der Waals surface area contributed by atoms with Gasteiger partial charge in [0.2, 0.25) is 10.0 Å². The Morgan fingerprint density at radius 1 is 1.38 bits per heavy atom. The average molecular weight is 306 g/mol. The second kappa shape index (κ2) is 6.19. The molecule has 6 nitrogen and oxygen atoms in total. The largest absolute Gasteiger partial charge is 0.271 e. The first-order chi connectivity index (χ1) is 9.92. The summed E-state index contributed by atoms with van der Waals surface area (Å²) < 4.78 is 28.7. The molecule has 2 aromatic heterocycles. The number of nitrogens with zero attached hydrogens (tertiary/aromatic N) is 3. The molecule has 0 fully saturated rings. The van der Waals surface area contributed by atoms with Crippen LogP contribution in [-0.2, 0) is 17.1 Å². The van der Waals surface area contributed by atoms with E-state index in [0.717, 1.165) is 5.56 Å². The van der Waals surface area contributed by atoms with Crippen molar-refractivity contribution < 1.29 is 8.42 Å². The van der Waals surface area contributed by atoms with Gasteiger partial charge in [0, 0.05) is 26.0 Å². The van der Waals surface area contributed by atoms with Crippen molar-refractivity contribution in [2.45, 2.75) is 18.7 Å². The predicted octanol–water partition coefficient (Wildman–Crippen LogP) is 1.42. The van der Waals surface area contributed by atoms with Crippen LogP contribution in [0.25, 0.3) is 6.08 Å². The van der Waals surface area contributed by atoms with Gasteiger partial charge in [0.25, 0.3) is 0 Å². The molecule has 7 heteroatoms. The summed E-state index contributed by atoms with van der Waals surface area (Å²) in [5.41, 5.74) is 2.04. The summed E-state index contributed by atoms with van der Waals surface area (Å²) in [5.74, 6) is 0. The normalized spacial score (nSPS) is 12.1. The molecular weight excluding hydrogens is 288 g/mol. The minimum absolute atomic E-state index is 0.213. The Labute approximate surface area is 124 Å². The second-order valence-corrected chi connectivity index (χ2v) is 6.37. The van der Waals surface area contributed by atoms with Crippen LogP contribution in [0.2, 0.25) is 0 Å². The molecule has 0 aromatic carbocycles. The number of sulfonamides is 1. The van der Waals surface area contributed by atoms with Crippen LogP contribution in [0.15, 0.2) is 35.5 Å². The average Bonchev–Trinajstić information content (AvgIpc) is 2.70. The number of aromatic nitrogens is 3. The number of rotatable bonds is 5. The van der Waals surface area contributed by atoms with Crippen molar-refractivity contribution in [1.82, 2.24) is 19.5 Å². The maximum Gasteiger partial charge on any atom is 0.244 e. The molecule has 0 atom stereocenters. The predicted molar refractivity (Wildman–Crippen MR) is 81.1 cm³/mol. The van der Waals surface area contributed by atoms with E-state index in [9.17, 15) is 8.42 Å². The number of pyridine rings is 1. The van der Waals surface area contributed by atoms with Gasteiger partial charge >= 0.3 is 0 Å². The molecule has 0 spiro atoms. The summed E-state index contributed by atoms with van der Waals surface area (Å²) >= 11 is 0. The fraction of sp³-hybridized carbons (Fsp3) is 0.286. The van der Waals surface area contributed by atoms with E-state index in [-0.39, 0.29) is 11.4 Å². The van der Waals surface area contributed by atoms with Gasteiger partial charge < -0.3 is 0 Å². The molecule has 2 aromatic rings. The maximum atomic E-state index is 12.3. The zero-order valence-corrected chi connectivity index (χ0v) is 13.1. The van der Waals surface area contributed by atoms with Crippen molar-refractivity contribution in [3.05, 3.63) is 47.6 Å². The van der Waals surface area contributed by atoms with E-state index < -0.39 is 10.0 Å². The lowest BCUT2D eigenvalue weighted by Gasteiger charge is -2.05. The van der Waals surface area contributed by atoms with E-state index in [2.05, 4.69) is 14.8 Å². The van der Waals surface area contributed by atoms with Crippen molar-refractivity contribution in [1.29, 1.82) is 0 Å². The number of hydrogen-bond acceptors (Lipinski definition) is 4. The Kier molecular flexibility index (Phi) is 4.54. The van der Waals surface area contributed by atoms with Gasteiger partial charge in [-0.3, -0.25) is 9.67 Å². The minimum Gasteiger partial charge on any atom is -0.271 e. The second-order valence-electron chi connectivity index (χ2n) is 4.66. The van der Waals surface area contributed by atoms with Gasteiger partial charge in [-0.05, 0) is 25.5 Å². The smallest absolute Gasteiger partial charge is 0.244 e. The highest BCUT2D eigenvalue weighted by Gasteiger charge is 2.22. The molecular formula is C14H18N4O2S. The van der Waals surface area contributed by atoms with Gasteiger partial charge in [-0.25, -0.2) is 13.1 Å². The van der Waals surface area contributed by atoms with E-state index in [0.29, 0.717) is 11.4 Å². The molecule has 0 saturated heterocycles. The Balaban J connectivity index is 2.07. The quantitative estimate of drug-likeness (QED) is 0.906. The summed E-state index contributed by atoms with van der Waals surface area (Å²) in [6.45, 7) is 3.64. The Hall–Kier alpha value is -1.99. The molecule has 0 aliphatic carbocycles. The zero-order valence-electron chi connectivity index (χ0n) is 12.2. The maximum absolute atomic E-state index is 12.3.